The van der Waals surface area contributed by atoms with E-state index in [1.165, 1.54) is 12.8 Å². The number of nitrogens with zero attached hydrogens (tertiary/aromatic N) is 3. The van der Waals surface area contributed by atoms with Crippen molar-refractivity contribution in [2.24, 2.45) is 5.92 Å². The Bertz CT molecular complexity index is 449. The van der Waals surface area contributed by atoms with Crippen LogP contribution in [0.2, 0.25) is 0 Å². The van der Waals surface area contributed by atoms with Crippen molar-refractivity contribution in [3.8, 4) is 6.07 Å². The summed E-state index contributed by atoms with van der Waals surface area (Å²) in [6.45, 7) is 4.26. The molecule has 2 rings (SSSR count). The minimum Gasteiger partial charge on any atom is -0.379 e. The molecule has 0 bridgehead atoms. The van der Waals surface area contributed by atoms with Gasteiger partial charge in [0.15, 0.2) is 0 Å². The topological polar surface area (TPSA) is 49.2 Å². The molecule has 18 heavy (non-hydrogen) atoms. The molecule has 0 spiro atoms. The number of anilines is 1. The molecule has 0 N–H and O–H groups in total. The molecule has 0 atom stereocenters. The zero-order chi connectivity index (χ0) is 13.0. The van der Waals surface area contributed by atoms with E-state index in [1.54, 1.807) is 6.20 Å². The van der Waals surface area contributed by atoms with Crippen LogP contribution in [0.3, 0.4) is 0 Å². The maximum absolute atomic E-state index is 9.15. The number of nitriles is 1. The fourth-order valence-corrected chi connectivity index (χ4v) is 1.81. The summed E-state index contributed by atoms with van der Waals surface area (Å²) < 4.78 is 5.60. The zero-order valence-electron chi connectivity index (χ0n) is 11.0. The fraction of sp³-hybridized carbons (Fsp3) is 0.571. The summed E-state index contributed by atoms with van der Waals surface area (Å²) in [5.74, 6) is 1.54. The van der Waals surface area contributed by atoms with Crippen LogP contribution in [0, 0.1) is 24.2 Å². The molecule has 96 valence electrons. The van der Waals surface area contributed by atoms with Gasteiger partial charge >= 0.3 is 0 Å². The molecule has 0 aromatic carbocycles. The molecule has 0 saturated heterocycles. The van der Waals surface area contributed by atoms with Crippen molar-refractivity contribution < 1.29 is 4.74 Å². The van der Waals surface area contributed by atoms with Crippen LogP contribution in [0.5, 0.6) is 0 Å². The van der Waals surface area contributed by atoms with Gasteiger partial charge in [-0.3, -0.25) is 0 Å². The summed E-state index contributed by atoms with van der Waals surface area (Å²) in [6, 6.07) is 4.08. The van der Waals surface area contributed by atoms with Crippen molar-refractivity contribution >= 4 is 5.82 Å². The van der Waals surface area contributed by atoms with Gasteiger partial charge in [-0.2, -0.15) is 5.26 Å². The van der Waals surface area contributed by atoms with E-state index >= 15 is 0 Å². The molecule has 1 aromatic rings. The average molecular weight is 245 g/mol. The lowest BCUT2D eigenvalue weighted by atomic mass is 10.1. The van der Waals surface area contributed by atoms with E-state index in [1.807, 2.05) is 24.9 Å². The van der Waals surface area contributed by atoms with Gasteiger partial charge in [-0.05, 0) is 37.3 Å². The SMILES string of the molecule is Cc1ccnc(N(C)CCOCC2CC2)c1C#N. The third-order valence-corrected chi connectivity index (χ3v) is 3.23. The molecule has 0 unspecified atom stereocenters. The summed E-state index contributed by atoms with van der Waals surface area (Å²) >= 11 is 0. The molecule has 1 saturated carbocycles. The maximum Gasteiger partial charge on any atom is 0.146 e. The summed E-state index contributed by atoms with van der Waals surface area (Å²) in [5, 5.41) is 9.15. The Balaban J connectivity index is 1.89. The van der Waals surface area contributed by atoms with Crippen molar-refractivity contribution in [1.29, 1.82) is 5.26 Å². The van der Waals surface area contributed by atoms with Gasteiger partial charge in [0.05, 0.1) is 12.2 Å². The quantitative estimate of drug-likeness (QED) is 0.720. The van der Waals surface area contributed by atoms with Crippen LogP contribution in [-0.2, 0) is 4.74 Å². The number of aromatic nitrogens is 1. The fourth-order valence-electron chi connectivity index (χ4n) is 1.81. The van der Waals surface area contributed by atoms with Gasteiger partial charge in [-0.1, -0.05) is 0 Å². The number of rotatable bonds is 6. The Labute approximate surface area is 108 Å². The van der Waals surface area contributed by atoms with Crippen LogP contribution in [0.4, 0.5) is 5.82 Å². The average Bonchev–Trinajstić information content (AvgIpc) is 3.18. The predicted octanol–water partition coefficient (Wildman–Crippen LogP) is 2.12. The van der Waals surface area contributed by atoms with E-state index in [9.17, 15) is 0 Å². The lowest BCUT2D eigenvalue weighted by Crippen LogP contribution is -2.25. The van der Waals surface area contributed by atoms with Crippen molar-refractivity contribution in [2.75, 3.05) is 31.7 Å². The van der Waals surface area contributed by atoms with Crippen LogP contribution in [-0.4, -0.2) is 31.8 Å². The standard InChI is InChI=1S/C14H19N3O/c1-11-5-6-16-14(13(11)9-15)17(2)7-8-18-10-12-3-4-12/h5-6,12H,3-4,7-8,10H2,1-2H3. The molecule has 4 heteroatoms. The van der Waals surface area contributed by atoms with Crippen LogP contribution < -0.4 is 4.90 Å². The highest BCUT2D eigenvalue weighted by atomic mass is 16.5. The first kappa shape index (κ1) is 12.8. The lowest BCUT2D eigenvalue weighted by molar-refractivity contribution is 0.131. The molecule has 1 aliphatic rings. The minimum atomic E-state index is 0.655. The van der Waals surface area contributed by atoms with Gasteiger partial charge in [0.1, 0.15) is 11.9 Å². The smallest absolute Gasteiger partial charge is 0.146 e. The van der Waals surface area contributed by atoms with E-state index in [2.05, 4.69) is 11.1 Å². The van der Waals surface area contributed by atoms with Gasteiger partial charge < -0.3 is 9.64 Å². The van der Waals surface area contributed by atoms with Gasteiger partial charge in [0, 0.05) is 26.4 Å². The van der Waals surface area contributed by atoms with E-state index < -0.39 is 0 Å². The molecule has 0 aliphatic heterocycles. The highest BCUT2D eigenvalue weighted by Gasteiger charge is 2.21. The first-order valence-corrected chi connectivity index (χ1v) is 6.37. The number of ether oxygens (including phenoxy) is 1. The molecule has 1 fully saturated rings. The third kappa shape index (κ3) is 3.21. The summed E-state index contributed by atoms with van der Waals surface area (Å²) in [7, 11) is 1.95. The van der Waals surface area contributed by atoms with Crippen molar-refractivity contribution in [1.82, 2.24) is 4.98 Å². The number of likely N-dealkylation sites (N-methyl/N-ethyl adjacent to an activating group) is 1. The second-order valence-electron chi connectivity index (χ2n) is 4.88. The molecule has 0 radical (unpaired) electrons. The zero-order valence-corrected chi connectivity index (χ0v) is 11.0. The monoisotopic (exact) mass is 245 g/mol. The highest BCUT2D eigenvalue weighted by Crippen LogP contribution is 2.28. The molecular weight excluding hydrogens is 226 g/mol. The van der Waals surface area contributed by atoms with Crippen LogP contribution in [0.15, 0.2) is 12.3 Å². The number of pyridine rings is 1. The van der Waals surface area contributed by atoms with Crippen LogP contribution in [0.25, 0.3) is 0 Å². The first-order valence-electron chi connectivity index (χ1n) is 6.37. The molecular formula is C14H19N3O. The second-order valence-corrected chi connectivity index (χ2v) is 4.88. The largest absolute Gasteiger partial charge is 0.379 e. The molecule has 1 heterocycles. The Hall–Kier alpha value is -1.60. The molecule has 1 aliphatic carbocycles. The maximum atomic E-state index is 9.15. The lowest BCUT2D eigenvalue weighted by Gasteiger charge is -2.19. The summed E-state index contributed by atoms with van der Waals surface area (Å²) in [5.41, 5.74) is 1.62. The number of hydrogen-bond donors (Lipinski definition) is 0. The van der Waals surface area contributed by atoms with Gasteiger partial charge in [-0.25, -0.2) is 4.98 Å². The molecule has 0 amide bonds. The second kappa shape index (κ2) is 5.83. The van der Waals surface area contributed by atoms with Gasteiger partial charge in [-0.15, -0.1) is 0 Å². The predicted molar refractivity (Wildman–Crippen MR) is 70.5 cm³/mol. The number of aryl methyl sites for hydroxylation is 1. The van der Waals surface area contributed by atoms with Crippen molar-refractivity contribution in [2.45, 2.75) is 19.8 Å². The third-order valence-electron chi connectivity index (χ3n) is 3.23. The molecule has 4 nitrogen and oxygen atoms in total. The summed E-state index contributed by atoms with van der Waals surface area (Å²) in [4.78, 5) is 6.27. The summed E-state index contributed by atoms with van der Waals surface area (Å²) in [6.07, 6.45) is 4.37. The van der Waals surface area contributed by atoms with Crippen LogP contribution in [0.1, 0.15) is 24.0 Å². The number of hydrogen-bond acceptors (Lipinski definition) is 4. The van der Waals surface area contributed by atoms with Crippen molar-refractivity contribution in [3.63, 3.8) is 0 Å². The van der Waals surface area contributed by atoms with Gasteiger partial charge in [0.25, 0.3) is 0 Å². The normalized spacial score (nSPS) is 14.3. The molecule has 1 aromatic heterocycles. The Morgan fingerprint density at radius 2 is 2.33 bits per heavy atom. The Morgan fingerprint density at radius 1 is 1.56 bits per heavy atom. The van der Waals surface area contributed by atoms with E-state index in [0.717, 1.165) is 30.5 Å². The van der Waals surface area contributed by atoms with E-state index in [-0.39, 0.29) is 0 Å². The van der Waals surface area contributed by atoms with E-state index in [4.69, 9.17) is 10.00 Å². The Morgan fingerprint density at radius 3 is 3.00 bits per heavy atom. The van der Waals surface area contributed by atoms with Crippen LogP contribution >= 0.6 is 0 Å². The van der Waals surface area contributed by atoms with Gasteiger partial charge in [0.2, 0.25) is 0 Å². The van der Waals surface area contributed by atoms with E-state index in [0.29, 0.717) is 12.2 Å². The highest BCUT2D eigenvalue weighted by molar-refractivity contribution is 5.56. The Kier molecular flexibility index (Phi) is 4.16. The minimum absolute atomic E-state index is 0.655. The first-order chi connectivity index (χ1) is 8.72. The van der Waals surface area contributed by atoms with Crippen molar-refractivity contribution in [3.05, 3.63) is 23.4 Å².